The molecule has 1 aromatic carbocycles. The number of piperidine rings is 1. The van der Waals surface area contributed by atoms with Crippen LogP contribution in [0.15, 0.2) is 42.7 Å². The molecule has 4 nitrogen and oxygen atoms in total. The Kier molecular flexibility index (Phi) is 5.47. The summed E-state index contributed by atoms with van der Waals surface area (Å²) in [5.74, 6) is 0. The molecule has 3 rings (SSSR count). The van der Waals surface area contributed by atoms with Gasteiger partial charge in [-0.25, -0.2) is 0 Å². The molecule has 1 aliphatic heterocycles. The van der Waals surface area contributed by atoms with Gasteiger partial charge in [0.15, 0.2) is 0 Å². The van der Waals surface area contributed by atoms with E-state index in [2.05, 4.69) is 65.7 Å². The zero-order valence-corrected chi connectivity index (χ0v) is 14.3. The minimum absolute atomic E-state index is 0.613. The highest BCUT2D eigenvalue weighted by Crippen LogP contribution is 2.20. The number of benzene rings is 1. The molecule has 1 aliphatic rings. The number of aryl methyl sites for hydroxylation is 1. The van der Waals surface area contributed by atoms with Crippen molar-refractivity contribution in [3.05, 3.63) is 53.9 Å². The van der Waals surface area contributed by atoms with Crippen LogP contribution in [0.2, 0.25) is 0 Å². The van der Waals surface area contributed by atoms with E-state index in [0.29, 0.717) is 12.1 Å². The van der Waals surface area contributed by atoms with E-state index in [4.69, 9.17) is 0 Å². The Morgan fingerprint density at radius 3 is 2.74 bits per heavy atom. The van der Waals surface area contributed by atoms with E-state index in [0.717, 1.165) is 19.6 Å². The first-order chi connectivity index (χ1) is 11.2. The van der Waals surface area contributed by atoms with Crippen molar-refractivity contribution < 1.29 is 0 Å². The standard InChI is InChI=1S/C19H28N4/c1-3-23-15-18(13-21-23)12-20-19-9-10-22(16(2)11-19)14-17-7-5-4-6-8-17/h4-8,13,15-16,19-20H,3,9-12,14H2,1-2H3/t16-,19+/m0/s1. The summed E-state index contributed by atoms with van der Waals surface area (Å²) in [6.45, 7) is 8.57. The first-order valence-corrected chi connectivity index (χ1v) is 8.77. The van der Waals surface area contributed by atoms with Gasteiger partial charge in [0.05, 0.1) is 6.20 Å². The van der Waals surface area contributed by atoms with E-state index in [1.807, 2.05) is 10.9 Å². The lowest BCUT2D eigenvalue weighted by atomic mass is 9.97. The van der Waals surface area contributed by atoms with E-state index in [9.17, 15) is 0 Å². The average molecular weight is 312 g/mol. The fourth-order valence-electron chi connectivity index (χ4n) is 3.39. The summed E-state index contributed by atoms with van der Waals surface area (Å²) < 4.78 is 1.99. The molecule has 0 radical (unpaired) electrons. The van der Waals surface area contributed by atoms with Crippen molar-refractivity contribution in [2.75, 3.05) is 6.54 Å². The van der Waals surface area contributed by atoms with Gasteiger partial charge in [-0.3, -0.25) is 9.58 Å². The third-order valence-corrected chi connectivity index (χ3v) is 4.85. The zero-order valence-electron chi connectivity index (χ0n) is 14.3. The molecule has 1 aromatic heterocycles. The first-order valence-electron chi connectivity index (χ1n) is 8.77. The van der Waals surface area contributed by atoms with Crippen molar-refractivity contribution in [3.8, 4) is 0 Å². The maximum atomic E-state index is 4.34. The van der Waals surface area contributed by atoms with E-state index in [1.165, 1.54) is 30.5 Å². The number of nitrogens with zero attached hydrogens (tertiary/aromatic N) is 3. The number of hydrogen-bond acceptors (Lipinski definition) is 3. The molecular formula is C19H28N4. The van der Waals surface area contributed by atoms with Crippen molar-refractivity contribution in [2.45, 2.75) is 58.4 Å². The highest BCUT2D eigenvalue weighted by atomic mass is 15.3. The maximum Gasteiger partial charge on any atom is 0.0534 e. The second-order valence-electron chi connectivity index (χ2n) is 6.61. The van der Waals surface area contributed by atoms with Crippen molar-refractivity contribution >= 4 is 0 Å². The number of rotatable bonds is 6. The topological polar surface area (TPSA) is 33.1 Å². The van der Waals surface area contributed by atoms with Crippen LogP contribution in [0.25, 0.3) is 0 Å². The number of nitrogens with one attached hydrogen (secondary N) is 1. The Balaban J connectivity index is 1.46. The molecule has 4 heteroatoms. The molecular weight excluding hydrogens is 284 g/mol. The summed E-state index contributed by atoms with van der Waals surface area (Å²) in [4.78, 5) is 2.60. The van der Waals surface area contributed by atoms with Crippen LogP contribution in [0.1, 0.15) is 37.8 Å². The quantitative estimate of drug-likeness (QED) is 0.890. The van der Waals surface area contributed by atoms with Crippen molar-refractivity contribution in [2.24, 2.45) is 0 Å². The van der Waals surface area contributed by atoms with Crippen LogP contribution in [0.3, 0.4) is 0 Å². The van der Waals surface area contributed by atoms with Crippen LogP contribution in [0.4, 0.5) is 0 Å². The van der Waals surface area contributed by atoms with Crippen LogP contribution in [0, 0.1) is 0 Å². The normalized spacial score (nSPS) is 22.3. The Bertz CT molecular complexity index is 592. The van der Waals surface area contributed by atoms with E-state index in [1.54, 1.807) is 0 Å². The van der Waals surface area contributed by atoms with Gasteiger partial charge in [0.1, 0.15) is 0 Å². The SMILES string of the molecule is CCn1cc(CN[C@@H]2CCN(Cc3ccccc3)[C@@H](C)C2)cn1. The molecule has 1 fully saturated rings. The van der Waals surface area contributed by atoms with Crippen LogP contribution >= 0.6 is 0 Å². The molecule has 0 spiro atoms. The molecule has 0 saturated carbocycles. The van der Waals surface area contributed by atoms with Crippen LogP contribution in [0.5, 0.6) is 0 Å². The van der Waals surface area contributed by atoms with Crippen LogP contribution in [-0.4, -0.2) is 33.3 Å². The molecule has 2 atom stereocenters. The van der Waals surface area contributed by atoms with Gasteiger partial charge >= 0.3 is 0 Å². The Labute approximate surface area is 139 Å². The smallest absolute Gasteiger partial charge is 0.0534 e. The second-order valence-corrected chi connectivity index (χ2v) is 6.61. The summed E-state index contributed by atoms with van der Waals surface area (Å²) in [6.07, 6.45) is 6.55. The van der Waals surface area contributed by atoms with Crippen LogP contribution < -0.4 is 5.32 Å². The van der Waals surface area contributed by atoms with Crippen molar-refractivity contribution in [1.29, 1.82) is 0 Å². The van der Waals surface area contributed by atoms with Gasteiger partial charge < -0.3 is 5.32 Å². The van der Waals surface area contributed by atoms with Gasteiger partial charge in [-0.1, -0.05) is 30.3 Å². The number of aromatic nitrogens is 2. The summed E-state index contributed by atoms with van der Waals surface area (Å²) in [5.41, 5.74) is 2.70. The first kappa shape index (κ1) is 16.2. The third-order valence-electron chi connectivity index (χ3n) is 4.85. The molecule has 1 saturated heterocycles. The minimum atomic E-state index is 0.613. The minimum Gasteiger partial charge on any atom is -0.310 e. The molecule has 0 bridgehead atoms. The average Bonchev–Trinajstić information content (AvgIpc) is 3.04. The fourth-order valence-corrected chi connectivity index (χ4v) is 3.39. The van der Waals surface area contributed by atoms with Gasteiger partial charge in [0, 0.05) is 50.0 Å². The molecule has 0 unspecified atom stereocenters. The lowest BCUT2D eigenvalue weighted by Gasteiger charge is -2.38. The van der Waals surface area contributed by atoms with Crippen molar-refractivity contribution in [3.63, 3.8) is 0 Å². The van der Waals surface area contributed by atoms with Gasteiger partial charge in [0.2, 0.25) is 0 Å². The Morgan fingerprint density at radius 1 is 1.22 bits per heavy atom. The summed E-state index contributed by atoms with van der Waals surface area (Å²) in [6, 6.07) is 12.0. The highest BCUT2D eigenvalue weighted by molar-refractivity contribution is 5.14. The summed E-state index contributed by atoms with van der Waals surface area (Å²) in [7, 11) is 0. The molecule has 0 aliphatic carbocycles. The highest BCUT2D eigenvalue weighted by Gasteiger charge is 2.25. The summed E-state index contributed by atoms with van der Waals surface area (Å²) >= 11 is 0. The van der Waals surface area contributed by atoms with Gasteiger partial charge in [-0.15, -0.1) is 0 Å². The summed E-state index contributed by atoms with van der Waals surface area (Å²) in [5, 5.41) is 8.05. The maximum absolute atomic E-state index is 4.34. The van der Waals surface area contributed by atoms with Gasteiger partial charge in [0.25, 0.3) is 0 Å². The second kappa shape index (κ2) is 7.75. The molecule has 23 heavy (non-hydrogen) atoms. The van der Waals surface area contributed by atoms with Gasteiger partial charge in [-0.2, -0.15) is 5.10 Å². The van der Waals surface area contributed by atoms with E-state index >= 15 is 0 Å². The largest absolute Gasteiger partial charge is 0.310 e. The number of hydrogen-bond donors (Lipinski definition) is 1. The Morgan fingerprint density at radius 2 is 2.04 bits per heavy atom. The molecule has 1 N–H and O–H groups in total. The Hall–Kier alpha value is -1.65. The monoisotopic (exact) mass is 312 g/mol. The predicted octanol–water partition coefficient (Wildman–Crippen LogP) is 3.05. The lowest BCUT2D eigenvalue weighted by molar-refractivity contribution is 0.128. The van der Waals surface area contributed by atoms with Crippen LogP contribution in [-0.2, 0) is 19.6 Å². The fraction of sp³-hybridized carbons (Fsp3) is 0.526. The third kappa shape index (κ3) is 4.43. The lowest BCUT2D eigenvalue weighted by Crippen LogP contribution is -2.46. The molecule has 0 amide bonds. The zero-order chi connectivity index (χ0) is 16.1. The molecule has 2 heterocycles. The predicted molar refractivity (Wildman–Crippen MR) is 94.1 cm³/mol. The number of likely N-dealkylation sites (tertiary alicyclic amines) is 1. The molecule has 2 aromatic rings. The van der Waals surface area contributed by atoms with Gasteiger partial charge in [-0.05, 0) is 32.3 Å². The van der Waals surface area contributed by atoms with E-state index < -0.39 is 0 Å². The van der Waals surface area contributed by atoms with Crippen molar-refractivity contribution in [1.82, 2.24) is 20.0 Å². The molecule has 124 valence electrons. The van der Waals surface area contributed by atoms with E-state index in [-0.39, 0.29) is 0 Å².